The van der Waals surface area contributed by atoms with Gasteiger partial charge in [0.05, 0.1) is 28.6 Å². The topological polar surface area (TPSA) is 47.6 Å². The van der Waals surface area contributed by atoms with Crippen LogP contribution in [0.1, 0.15) is 9.67 Å². The van der Waals surface area contributed by atoms with Crippen molar-refractivity contribution in [2.24, 2.45) is 0 Å². The molecule has 1 N–H and O–H groups in total. The van der Waals surface area contributed by atoms with Gasteiger partial charge in [0.15, 0.2) is 0 Å². The summed E-state index contributed by atoms with van der Waals surface area (Å²) in [5.41, 5.74) is 0.609. The van der Waals surface area contributed by atoms with Gasteiger partial charge in [0.2, 0.25) is 0 Å². The van der Waals surface area contributed by atoms with Crippen molar-refractivity contribution in [3.05, 3.63) is 39.0 Å². The second kappa shape index (κ2) is 6.08. The molecule has 1 amide bonds. The van der Waals surface area contributed by atoms with Crippen molar-refractivity contribution in [3.8, 4) is 11.5 Å². The molecule has 1 heterocycles. The average Bonchev–Trinajstić information content (AvgIpc) is 2.86. The highest BCUT2D eigenvalue weighted by Crippen LogP contribution is 2.30. The fraction of sp³-hybridized carbons (Fsp3) is 0.154. The van der Waals surface area contributed by atoms with E-state index in [1.54, 1.807) is 38.5 Å². The third-order valence-electron chi connectivity index (χ3n) is 2.45. The smallest absolute Gasteiger partial charge is 0.265 e. The number of hydrogen-bond acceptors (Lipinski definition) is 4. The van der Waals surface area contributed by atoms with Gasteiger partial charge in [0, 0.05) is 6.07 Å². The molecule has 0 bridgehead atoms. The van der Waals surface area contributed by atoms with Gasteiger partial charge >= 0.3 is 0 Å². The Labute approximate surface area is 123 Å². The maximum Gasteiger partial charge on any atom is 0.265 e. The first-order valence-electron chi connectivity index (χ1n) is 5.42. The summed E-state index contributed by atoms with van der Waals surface area (Å²) in [6, 6.07) is 8.84. The molecular weight excluding hydrogens is 330 g/mol. The van der Waals surface area contributed by atoms with Crippen molar-refractivity contribution in [1.29, 1.82) is 0 Å². The van der Waals surface area contributed by atoms with E-state index < -0.39 is 0 Å². The van der Waals surface area contributed by atoms with E-state index in [1.165, 1.54) is 11.3 Å². The zero-order valence-electron chi connectivity index (χ0n) is 10.4. The summed E-state index contributed by atoms with van der Waals surface area (Å²) in [6.45, 7) is 0. The number of carbonyl (C=O) groups excluding carboxylic acids is 1. The van der Waals surface area contributed by atoms with Gasteiger partial charge in [-0.2, -0.15) is 0 Å². The molecular formula is C13H12BrNO3S. The Bertz CT molecular complexity index is 597. The molecule has 0 aliphatic carbocycles. The van der Waals surface area contributed by atoms with Crippen LogP contribution < -0.4 is 14.8 Å². The van der Waals surface area contributed by atoms with E-state index in [9.17, 15) is 4.79 Å². The number of thiophene rings is 1. The van der Waals surface area contributed by atoms with Gasteiger partial charge in [-0.25, -0.2) is 0 Å². The number of benzene rings is 1. The minimum absolute atomic E-state index is 0.167. The molecule has 1 aromatic heterocycles. The van der Waals surface area contributed by atoms with Gasteiger partial charge in [-0.1, -0.05) is 0 Å². The molecule has 1 aromatic carbocycles. The quantitative estimate of drug-likeness (QED) is 0.920. The standard InChI is InChI=1S/C13H12BrNO3S/c1-17-8-3-4-9(10(7-8)18-2)15-13(16)11-5-6-12(14)19-11/h3-7H,1-2H3,(H,15,16). The number of nitrogens with one attached hydrogen (secondary N) is 1. The second-order valence-electron chi connectivity index (χ2n) is 3.62. The second-order valence-corrected chi connectivity index (χ2v) is 6.09. The highest BCUT2D eigenvalue weighted by molar-refractivity contribution is 9.11. The molecule has 0 aliphatic heterocycles. The monoisotopic (exact) mass is 341 g/mol. The van der Waals surface area contributed by atoms with Crippen LogP contribution in [0.15, 0.2) is 34.1 Å². The van der Waals surface area contributed by atoms with Crippen LogP contribution in [0.5, 0.6) is 11.5 Å². The first-order chi connectivity index (χ1) is 9.13. The van der Waals surface area contributed by atoms with Crippen LogP contribution in [0.3, 0.4) is 0 Å². The predicted octanol–water partition coefficient (Wildman–Crippen LogP) is 3.78. The van der Waals surface area contributed by atoms with Gasteiger partial charge in [0.1, 0.15) is 11.5 Å². The lowest BCUT2D eigenvalue weighted by molar-refractivity contribution is 0.103. The van der Waals surface area contributed by atoms with Gasteiger partial charge in [-0.3, -0.25) is 4.79 Å². The molecule has 0 radical (unpaired) electrons. The Kier molecular flexibility index (Phi) is 4.44. The zero-order chi connectivity index (χ0) is 13.8. The van der Waals surface area contributed by atoms with Crippen LogP contribution in [0.2, 0.25) is 0 Å². The molecule has 0 saturated carbocycles. The van der Waals surface area contributed by atoms with Crippen molar-refractivity contribution in [2.45, 2.75) is 0 Å². The van der Waals surface area contributed by atoms with E-state index >= 15 is 0 Å². The first-order valence-corrected chi connectivity index (χ1v) is 7.03. The maximum atomic E-state index is 12.0. The fourth-order valence-corrected chi connectivity index (χ4v) is 2.80. The van der Waals surface area contributed by atoms with Crippen LogP contribution >= 0.6 is 27.3 Å². The lowest BCUT2D eigenvalue weighted by atomic mass is 10.2. The summed E-state index contributed by atoms with van der Waals surface area (Å²) < 4.78 is 11.3. The van der Waals surface area contributed by atoms with E-state index in [0.717, 1.165) is 3.79 Å². The number of hydrogen-bond donors (Lipinski definition) is 1. The maximum absolute atomic E-state index is 12.0. The molecule has 2 aromatic rings. The third-order valence-corrected chi connectivity index (χ3v) is 4.08. The zero-order valence-corrected chi connectivity index (χ0v) is 12.8. The molecule has 4 nitrogen and oxygen atoms in total. The molecule has 0 fully saturated rings. The Morgan fingerprint density at radius 2 is 2.00 bits per heavy atom. The number of amides is 1. The minimum Gasteiger partial charge on any atom is -0.497 e. The van der Waals surface area contributed by atoms with Crippen molar-refractivity contribution < 1.29 is 14.3 Å². The summed E-state index contributed by atoms with van der Waals surface area (Å²) in [5, 5.41) is 2.81. The van der Waals surface area contributed by atoms with Gasteiger partial charge in [-0.05, 0) is 40.2 Å². The number of halogens is 1. The van der Waals surface area contributed by atoms with E-state index in [1.807, 2.05) is 6.07 Å². The van der Waals surface area contributed by atoms with Crippen LogP contribution in [0, 0.1) is 0 Å². The van der Waals surface area contributed by atoms with E-state index in [2.05, 4.69) is 21.2 Å². The molecule has 6 heteroatoms. The number of rotatable bonds is 4. The van der Waals surface area contributed by atoms with E-state index in [-0.39, 0.29) is 5.91 Å². The van der Waals surface area contributed by atoms with Gasteiger partial charge in [-0.15, -0.1) is 11.3 Å². The summed E-state index contributed by atoms with van der Waals surface area (Å²) in [7, 11) is 3.13. The number of anilines is 1. The van der Waals surface area contributed by atoms with Crippen LogP contribution in [0.4, 0.5) is 5.69 Å². The van der Waals surface area contributed by atoms with Crippen LogP contribution in [0.25, 0.3) is 0 Å². The third kappa shape index (κ3) is 3.27. The van der Waals surface area contributed by atoms with Gasteiger partial charge in [0.25, 0.3) is 5.91 Å². The van der Waals surface area contributed by atoms with Crippen LogP contribution in [-0.4, -0.2) is 20.1 Å². The van der Waals surface area contributed by atoms with Crippen LogP contribution in [-0.2, 0) is 0 Å². The SMILES string of the molecule is COc1ccc(NC(=O)c2ccc(Br)s2)c(OC)c1. The summed E-state index contributed by atoms with van der Waals surface area (Å²) in [4.78, 5) is 12.7. The lowest BCUT2D eigenvalue weighted by Gasteiger charge is -2.10. The van der Waals surface area contributed by atoms with Crippen molar-refractivity contribution in [1.82, 2.24) is 0 Å². The number of carbonyl (C=O) groups is 1. The average molecular weight is 342 g/mol. The van der Waals surface area contributed by atoms with E-state index in [0.29, 0.717) is 22.1 Å². The summed E-state index contributed by atoms with van der Waals surface area (Å²) in [5.74, 6) is 1.07. The Morgan fingerprint density at radius 3 is 2.58 bits per heavy atom. The number of ether oxygens (including phenoxy) is 2. The Balaban J connectivity index is 2.21. The molecule has 0 unspecified atom stereocenters. The van der Waals surface area contributed by atoms with Crippen molar-refractivity contribution in [2.75, 3.05) is 19.5 Å². The van der Waals surface area contributed by atoms with Crippen molar-refractivity contribution in [3.63, 3.8) is 0 Å². The molecule has 0 atom stereocenters. The molecule has 19 heavy (non-hydrogen) atoms. The molecule has 0 aliphatic rings. The highest BCUT2D eigenvalue weighted by atomic mass is 79.9. The van der Waals surface area contributed by atoms with Gasteiger partial charge < -0.3 is 14.8 Å². The molecule has 0 spiro atoms. The first kappa shape index (κ1) is 13.9. The normalized spacial score (nSPS) is 10.1. The molecule has 0 saturated heterocycles. The highest BCUT2D eigenvalue weighted by Gasteiger charge is 2.12. The van der Waals surface area contributed by atoms with E-state index in [4.69, 9.17) is 9.47 Å². The molecule has 2 rings (SSSR count). The largest absolute Gasteiger partial charge is 0.497 e. The Hall–Kier alpha value is -1.53. The molecule has 100 valence electrons. The minimum atomic E-state index is -0.167. The Morgan fingerprint density at radius 1 is 1.21 bits per heavy atom. The summed E-state index contributed by atoms with van der Waals surface area (Å²) in [6.07, 6.45) is 0. The van der Waals surface area contributed by atoms with Crippen molar-refractivity contribution >= 4 is 38.9 Å². The predicted molar refractivity (Wildman–Crippen MR) is 79.5 cm³/mol. The number of methoxy groups -OCH3 is 2. The fourth-order valence-electron chi connectivity index (χ4n) is 1.52. The lowest BCUT2D eigenvalue weighted by Crippen LogP contribution is -2.11. The summed E-state index contributed by atoms with van der Waals surface area (Å²) >= 11 is 4.71.